The predicted octanol–water partition coefficient (Wildman–Crippen LogP) is 2.57. The van der Waals surface area contributed by atoms with E-state index in [0.29, 0.717) is 5.92 Å². The lowest BCUT2D eigenvalue weighted by Gasteiger charge is -2.27. The van der Waals surface area contributed by atoms with E-state index in [2.05, 4.69) is 20.8 Å². The first kappa shape index (κ1) is 8.51. The molecule has 62 valence electrons. The van der Waals surface area contributed by atoms with Crippen LogP contribution >= 0.6 is 0 Å². The van der Waals surface area contributed by atoms with Crippen molar-refractivity contribution in [1.29, 1.82) is 0 Å². The molecule has 0 radical (unpaired) electrons. The molecule has 1 rings (SSSR count). The van der Waals surface area contributed by atoms with Crippen LogP contribution in [0.25, 0.3) is 0 Å². The molecule has 1 heteroatoms. The summed E-state index contributed by atoms with van der Waals surface area (Å²) in [5.41, 5.74) is 2.91. The number of hydrogen-bond donors (Lipinski definition) is 0. The summed E-state index contributed by atoms with van der Waals surface area (Å²) in [6, 6.07) is 0. The van der Waals surface area contributed by atoms with Gasteiger partial charge >= 0.3 is 0 Å². The second kappa shape index (κ2) is 3.21. The van der Waals surface area contributed by atoms with Crippen LogP contribution in [-0.4, -0.2) is 6.29 Å². The lowest BCUT2D eigenvalue weighted by atomic mass is 9.78. The molecule has 0 aromatic heterocycles. The molecule has 0 spiro atoms. The Hall–Kier alpha value is -0.590. The maximum absolute atomic E-state index is 10.6. The third-order valence-corrected chi connectivity index (χ3v) is 3.03. The van der Waals surface area contributed by atoms with E-state index in [1.54, 1.807) is 0 Å². The molecule has 2 atom stereocenters. The molecule has 1 nitrogen and oxygen atoms in total. The van der Waals surface area contributed by atoms with Crippen molar-refractivity contribution in [2.24, 2.45) is 11.8 Å². The van der Waals surface area contributed by atoms with Crippen LogP contribution in [0.3, 0.4) is 0 Å². The number of aldehydes is 1. The topological polar surface area (TPSA) is 17.1 Å². The predicted molar refractivity (Wildman–Crippen MR) is 46.3 cm³/mol. The van der Waals surface area contributed by atoms with Crippen molar-refractivity contribution in [3.8, 4) is 0 Å². The number of carbonyl (C=O) groups excluding carboxylic acids is 1. The summed E-state index contributed by atoms with van der Waals surface area (Å²) in [6.07, 6.45) is 3.27. The summed E-state index contributed by atoms with van der Waals surface area (Å²) in [5, 5.41) is 0. The van der Waals surface area contributed by atoms with Gasteiger partial charge in [0.1, 0.15) is 6.29 Å². The maximum atomic E-state index is 10.6. The maximum Gasteiger partial charge on any atom is 0.123 e. The van der Waals surface area contributed by atoms with Crippen LogP contribution in [0.15, 0.2) is 11.1 Å². The Labute approximate surface area is 68.5 Å². The van der Waals surface area contributed by atoms with E-state index in [4.69, 9.17) is 0 Å². The highest BCUT2D eigenvalue weighted by molar-refractivity contribution is 5.55. The zero-order valence-electron chi connectivity index (χ0n) is 7.55. The Morgan fingerprint density at radius 1 is 1.45 bits per heavy atom. The van der Waals surface area contributed by atoms with Gasteiger partial charge in [-0.05, 0) is 32.6 Å². The summed E-state index contributed by atoms with van der Waals surface area (Å²) < 4.78 is 0. The van der Waals surface area contributed by atoms with E-state index in [1.165, 1.54) is 11.1 Å². The number of carbonyl (C=O) groups is 1. The molecule has 0 bridgehead atoms. The van der Waals surface area contributed by atoms with Gasteiger partial charge in [0.2, 0.25) is 0 Å². The van der Waals surface area contributed by atoms with E-state index in [1.807, 2.05) is 0 Å². The van der Waals surface area contributed by atoms with Crippen molar-refractivity contribution in [3.05, 3.63) is 11.1 Å². The smallest absolute Gasteiger partial charge is 0.123 e. The van der Waals surface area contributed by atoms with Crippen LogP contribution in [0.4, 0.5) is 0 Å². The van der Waals surface area contributed by atoms with E-state index >= 15 is 0 Å². The van der Waals surface area contributed by atoms with Crippen molar-refractivity contribution in [2.75, 3.05) is 0 Å². The standard InChI is InChI=1S/C10H16O/c1-7-4-5-10(6-11)9(3)8(7)2/h6,9-10H,4-5H2,1-3H3. The molecule has 11 heavy (non-hydrogen) atoms. The van der Waals surface area contributed by atoms with Crippen LogP contribution in [0.2, 0.25) is 0 Å². The monoisotopic (exact) mass is 152 g/mol. The Balaban J connectivity index is 2.80. The lowest BCUT2D eigenvalue weighted by Crippen LogP contribution is -2.19. The quantitative estimate of drug-likeness (QED) is 0.417. The third-order valence-electron chi connectivity index (χ3n) is 3.03. The number of allylic oxidation sites excluding steroid dienone is 2. The van der Waals surface area contributed by atoms with Crippen LogP contribution in [-0.2, 0) is 4.79 Å². The highest BCUT2D eigenvalue weighted by Crippen LogP contribution is 2.32. The molecule has 0 heterocycles. The molecule has 0 aromatic carbocycles. The molecule has 1 aliphatic carbocycles. The summed E-state index contributed by atoms with van der Waals surface area (Å²) >= 11 is 0. The molecule has 0 aromatic rings. The summed E-state index contributed by atoms with van der Waals surface area (Å²) in [5.74, 6) is 0.750. The van der Waals surface area contributed by atoms with Gasteiger partial charge in [0.25, 0.3) is 0 Å². The highest BCUT2D eigenvalue weighted by atomic mass is 16.1. The molecule has 0 fully saturated rings. The van der Waals surface area contributed by atoms with Crippen molar-refractivity contribution in [3.63, 3.8) is 0 Å². The fourth-order valence-electron chi connectivity index (χ4n) is 1.73. The first-order chi connectivity index (χ1) is 5.16. The SMILES string of the molecule is CC1=C(C)C(C)C(C=O)CC1. The summed E-state index contributed by atoms with van der Waals surface area (Å²) in [6.45, 7) is 6.47. The van der Waals surface area contributed by atoms with Gasteiger partial charge in [-0.3, -0.25) is 0 Å². The summed E-state index contributed by atoms with van der Waals surface area (Å²) in [4.78, 5) is 10.6. The van der Waals surface area contributed by atoms with Crippen molar-refractivity contribution >= 4 is 6.29 Å². The lowest BCUT2D eigenvalue weighted by molar-refractivity contribution is -0.112. The average Bonchev–Trinajstić information content (AvgIpc) is 2.01. The van der Waals surface area contributed by atoms with Gasteiger partial charge in [-0.2, -0.15) is 0 Å². The van der Waals surface area contributed by atoms with Crippen molar-refractivity contribution < 1.29 is 4.79 Å². The number of rotatable bonds is 1. The molecular weight excluding hydrogens is 136 g/mol. The Morgan fingerprint density at radius 3 is 2.64 bits per heavy atom. The van der Waals surface area contributed by atoms with Crippen molar-refractivity contribution in [2.45, 2.75) is 33.6 Å². The third kappa shape index (κ3) is 1.52. The normalized spacial score (nSPS) is 32.3. The van der Waals surface area contributed by atoms with Gasteiger partial charge in [0.05, 0.1) is 0 Å². The molecule has 0 aliphatic heterocycles. The second-order valence-electron chi connectivity index (χ2n) is 3.59. The van der Waals surface area contributed by atoms with Crippen LogP contribution in [0, 0.1) is 11.8 Å². The zero-order chi connectivity index (χ0) is 8.43. The van der Waals surface area contributed by atoms with Gasteiger partial charge in [0, 0.05) is 5.92 Å². The fourth-order valence-corrected chi connectivity index (χ4v) is 1.73. The van der Waals surface area contributed by atoms with Gasteiger partial charge < -0.3 is 4.79 Å². The highest BCUT2D eigenvalue weighted by Gasteiger charge is 2.23. The minimum absolute atomic E-state index is 0.277. The van der Waals surface area contributed by atoms with Crippen LogP contribution in [0.1, 0.15) is 33.6 Å². The largest absolute Gasteiger partial charge is 0.303 e. The summed E-state index contributed by atoms with van der Waals surface area (Å²) in [7, 11) is 0. The molecule has 0 amide bonds. The molecular formula is C10H16O. The van der Waals surface area contributed by atoms with Crippen LogP contribution in [0.5, 0.6) is 0 Å². The Kier molecular flexibility index (Phi) is 2.48. The zero-order valence-corrected chi connectivity index (χ0v) is 7.55. The first-order valence-electron chi connectivity index (χ1n) is 4.28. The minimum atomic E-state index is 0.277. The first-order valence-corrected chi connectivity index (χ1v) is 4.28. The second-order valence-corrected chi connectivity index (χ2v) is 3.59. The van der Waals surface area contributed by atoms with Gasteiger partial charge in [0.15, 0.2) is 0 Å². The molecule has 0 saturated carbocycles. The van der Waals surface area contributed by atoms with Gasteiger partial charge in [-0.25, -0.2) is 0 Å². The van der Waals surface area contributed by atoms with E-state index in [9.17, 15) is 4.79 Å². The van der Waals surface area contributed by atoms with E-state index in [0.717, 1.165) is 19.1 Å². The Bertz CT molecular complexity index is 191. The van der Waals surface area contributed by atoms with Crippen molar-refractivity contribution in [1.82, 2.24) is 0 Å². The average molecular weight is 152 g/mol. The van der Waals surface area contributed by atoms with Crippen LogP contribution < -0.4 is 0 Å². The molecule has 0 saturated heterocycles. The van der Waals surface area contributed by atoms with E-state index in [-0.39, 0.29) is 5.92 Å². The van der Waals surface area contributed by atoms with Gasteiger partial charge in [-0.1, -0.05) is 18.1 Å². The molecule has 0 N–H and O–H groups in total. The molecule has 1 aliphatic rings. The molecule has 2 unspecified atom stereocenters. The van der Waals surface area contributed by atoms with Gasteiger partial charge in [-0.15, -0.1) is 0 Å². The van der Waals surface area contributed by atoms with E-state index < -0.39 is 0 Å². The Morgan fingerprint density at radius 2 is 2.09 bits per heavy atom. The number of hydrogen-bond acceptors (Lipinski definition) is 1. The minimum Gasteiger partial charge on any atom is -0.303 e. The fraction of sp³-hybridized carbons (Fsp3) is 0.700.